The number of allylic oxidation sites excluding steroid dienone is 2. The average molecular weight is 470 g/mol. The van der Waals surface area contributed by atoms with Gasteiger partial charge in [-0.1, -0.05) is 48.9 Å². The minimum absolute atomic E-state index is 0.209. The van der Waals surface area contributed by atoms with Crippen molar-refractivity contribution >= 4 is 29.2 Å². The smallest absolute Gasteiger partial charge is 0.407 e. The summed E-state index contributed by atoms with van der Waals surface area (Å²) in [6, 6.07) is 15.7. The molecule has 2 aromatic carbocycles. The van der Waals surface area contributed by atoms with Crippen molar-refractivity contribution in [1.82, 2.24) is 5.32 Å². The number of halogens is 1. The highest BCUT2D eigenvalue weighted by atomic mass is 35.5. The van der Waals surface area contributed by atoms with E-state index in [0.717, 1.165) is 31.2 Å². The molecule has 1 unspecified atom stereocenters. The van der Waals surface area contributed by atoms with Gasteiger partial charge in [0.15, 0.2) is 0 Å². The zero-order valence-corrected chi connectivity index (χ0v) is 19.9. The maximum Gasteiger partial charge on any atom is 0.407 e. The van der Waals surface area contributed by atoms with Crippen LogP contribution in [0.5, 0.6) is 5.75 Å². The van der Waals surface area contributed by atoms with E-state index in [1.807, 2.05) is 31.2 Å². The number of alkyl halides is 1. The number of rotatable bonds is 11. The van der Waals surface area contributed by atoms with Crippen molar-refractivity contribution in [3.8, 4) is 5.75 Å². The summed E-state index contributed by atoms with van der Waals surface area (Å²) in [5.41, 5.74) is 4.93. The first-order valence-electron chi connectivity index (χ1n) is 11.6. The number of ether oxygens (including phenoxy) is 2. The number of hydrogen-bond donors (Lipinski definition) is 1. The summed E-state index contributed by atoms with van der Waals surface area (Å²) in [7, 11) is 0. The SMILES string of the molecule is C/C=C1\CC(COC(=O)NCCCCCC(=O)Oc2ccc(CCCl)cc2)c2ccccc21. The lowest BCUT2D eigenvalue weighted by atomic mass is 10.0. The van der Waals surface area contributed by atoms with Gasteiger partial charge in [-0.05, 0) is 67.0 Å². The molecule has 0 bridgehead atoms. The molecule has 1 amide bonds. The van der Waals surface area contributed by atoms with Crippen molar-refractivity contribution in [3.63, 3.8) is 0 Å². The number of carbonyl (C=O) groups excluding carboxylic acids is 2. The fourth-order valence-corrected chi connectivity index (χ4v) is 4.28. The summed E-state index contributed by atoms with van der Waals surface area (Å²) in [4.78, 5) is 24.0. The third-order valence-corrected chi connectivity index (χ3v) is 6.03. The van der Waals surface area contributed by atoms with Crippen molar-refractivity contribution < 1.29 is 19.1 Å². The van der Waals surface area contributed by atoms with Gasteiger partial charge in [0.2, 0.25) is 0 Å². The van der Waals surface area contributed by atoms with E-state index in [9.17, 15) is 9.59 Å². The lowest BCUT2D eigenvalue weighted by molar-refractivity contribution is -0.134. The van der Waals surface area contributed by atoms with Crippen LogP contribution in [-0.4, -0.2) is 31.1 Å². The van der Waals surface area contributed by atoms with E-state index < -0.39 is 6.09 Å². The minimum atomic E-state index is -0.390. The number of nitrogens with one attached hydrogen (secondary N) is 1. The van der Waals surface area contributed by atoms with Crippen LogP contribution < -0.4 is 10.1 Å². The number of alkyl carbamates (subject to hydrolysis) is 1. The molecule has 1 N–H and O–H groups in total. The number of benzene rings is 2. The van der Waals surface area contributed by atoms with Crippen LogP contribution in [-0.2, 0) is 16.0 Å². The van der Waals surface area contributed by atoms with E-state index in [4.69, 9.17) is 21.1 Å². The normalized spacial score (nSPS) is 15.8. The lowest BCUT2D eigenvalue weighted by Gasteiger charge is -2.12. The monoisotopic (exact) mass is 469 g/mol. The topological polar surface area (TPSA) is 64.6 Å². The molecule has 1 aliphatic carbocycles. The van der Waals surface area contributed by atoms with Crippen LogP contribution in [0, 0.1) is 0 Å². The van der Waals surface area contributed by atoms with Crippen LogP contribution in [0.3, 0.4) is 0 Å². The highest BCUT2D eigenvalue weighted by molar-refractivity contribution is 6.17. The van der Waals surface area contributed by atoms with Gasteiger partial charge in [-0.25, -0.2) is 4.79 Å². The number of esters is 1. The van der Waals surface area contributed by atoms with E-state index >= 15 is 0 Å². The van der Waals surface area contributed by atoms with Crippen LogP contribution >= 0.6 is 11.6 Å². The zero-order chi connectivity index (χ0) is 23.5. The number of unbranched alkanes of at least 4 members (excludes halogenated alkanes) is 2. The first-order valence-corrected chi connectivity index (χ1v) is 12.1. The Balaban J connectivity index is 1.25. The van der Waals surface area contributed by atoms with Gasteiger partial charge in [0, 0.05) is 24.8 Å². The van der Waals surface area contributed by atoms with Crippen LogP contribution in [0.4, 0.5) is 4.79 Å². The molecule has 0 saturated heterocycles. The van der Waals surface area contributed by atoms with E-state index in [0.29, 0.717) is 37.6 Å². The number of carbonyl (C=O) groups is 2. The van der Waals surface area contributed by atoms with Crippen molar-refractivity contribution in [3.05, 3.63) is 71.3 Å². The quantitative estimate of drug-likeness (QED) is 0.183. The van der Waals surface area contributed by atoms with Crippen molar-refractivity contribution in [2.24, 2.45) is 0 Å². The second-order valence-corrected chi connectivity index (χ2v) is 8.57. The molecule has 1 atom stereocenters. The molecule has 0 saturated carbocycles. The van der Waals surface area contributed by atoms with E-state index in [1.54, 1.807) is 12.1 Å². The van der Waals surface area contributed by atoms with Crippen LogP contribution in [0.1, 0.15) is 61.6 Å². The number of fused-ring (bicyclic) bond motifs is 1. The number of amides is 1. The Hall–Kier alpha value is -2.79. The molecule has 1 aliphatic rings. The second kappa shape index (κ2) is 13.0. The minimum Gasteiger partial charge on any atom is -0.449 e. The Morgan fingerprint density at radius 1 is 1.09 bits per heavy atom. The highest BCUT2D eigenvalue weighted by Gasteiger charge is 2.26. The zero-order valence-electron chi connectivity index (χ0n) is 19.1. The maximum absolute atomic E-state index is 12.0. The van der Waals surface area contributed by atoms with E-state index in [1.165, 1.54) is 16.7 Å². The Bertz CT molecular complexity index is 955. The molecule has 3 rings (SSSR count). The Kier molecular flexibility index (Phi) is 9.82. The average Bonchev–Trinajstić information content (AvgIpc) is 3.19. The molecule has 176 valence electrons. The van der Waals surface area contributed by atoms with Crippen molar-refractivity contribution in [2.75, 3.05) is 19.0 Å². The predicted octanol–water partition coefficient (Wildman–Crippen LogP) is 6.25. The van der Waals surface area contributed by atoms with Gasteiger partial charge in [-0.15, -0.1) is 11.6 Å². The van der Waals surface area contributed by atoms with E-state index in [-0.39, 0.29) is 11.9 Å². The van der Waals surface area contributed by atoms with Gasteiger partial charge in [0.05, 0.1) is 0 Å². The molecule has 0 heterocycles. The molecule has 0 spiro atoms. The summed E-state index contributed by atoms with van der Waals surface area (Å²) in [6.07, 6.45) is 6.11. The fraction of sp³-hybridized carbons (Fsp3) is 0.407. The third-order valence-electron chi connectivity index (χ3n) is 5.84. The molecule has 2 aromatic rings. The summed E-state index contributed by atoms with van der Waals surface area (Å²) in [5.74, 6) is 1.08. The lowest BCUT2D eigenvalue weighted by Crippen LogP contribution is -2.26. The largest absolute Gasteiger partial charge is 0.449 e. The van der Waals surface area contributed by atoms with Gasteiger partial charge < -0.3 is 14.8 Å². The Labute approximate surface area is 201 Å². The molecule has 33 heavy (non-hydrogen) atoms. The Morgan fingerprint density at radius 3 is 2.64 bits per heavy atom. The molecule has 5 nitrogen and oxygen atoms in total. The Morgan fingerprint density at radius 2 is 1.88 bits per heavy atom. The second-order valence-electron chi connectivity index (χ2n) is 8.20. The molecule has 0 aromatic heterocycles. The van der Waals surface area contributed by atoms with Gasteiger partial charge in [0.25, 0.3) is 0 Å². The fourth-order valence-electron chi connectivity index (χ4n) is 4.06. The first kappa shape index (κ1) is 24.8. The molecule has 0 fully saturated rings. The summed E-state index contributed by atoms with van der Waals surface area (Å²) < 4.78 is 10.8. The summed E-state index contributed by atoms with van der Waals surface area (Å²) >= 11 is 5.72. The number of aryl methyl sites for hydroxylation is 1. The molecule has 0 radical (unpaired) electrons. The van der Waals surface area contributed by atoms with Gasteiger partial charge >= 0.3 is 12.1 Å². The first-order chi connectivity index (χ1) is 16.1. The standard InChI is InChI=1S/C27H32ClNO4/c1-2-21-18-22(25-9-6-5-8-24(21)25)19-32-27(31)29-17-7-3-4-10-26(30)33-23-13-11-20(12-14-23)15-16-28/h2,5-6,8-9,11-14,22H,3-4,7,10,15-19H2,1H3,(H,29,31)/b21-2+. The summed E-state index contributed by atoms with van der Waals surface area (Å²) in [6.45, 7) is 2.94. The van der Waals surface area contributed by atoms with Gasteiger partial charge in [-0.2, -0.15) is 0 Å². The van der Waals surface area contributed by atoms with Gasteiger partial charge in [-0.3, -0.25) is 4.79 Å². The molecular weight excluding hydrogens is 438 g/mol. The summed E-state index contributed by atoms with van der Waals surface area (Å²) in [5, 5.41) is 2.80. The van der Waals surface area contributed by atoms with Crippen LogP contribution in [0.15, 0.2) is 54.6 Å². The molecule has 0 aliphatic heterocycles. The highest BCUT2D eigenvalue weighted by Crippen LogP contribution is 2.40. The predicted molar refractivity (Wildman–Crippen MR) is 132 cm³/mol. The maximum atomic E-state index is 12.0. The van der Waals surface area contributed by atoms with Crippen molar-refractivity contribution in [2.45, 2.75) is 51.4 Å². The van der Waals surface area contributed by atoms with Crippen LogP contribution in [0.25, 0.3) is 5.57 Å². The third kappa shape index (κ3) is 7.64. The van der Waals surface area contributed by atoms with Gasteiger partial charge in [0.1, 0.15) is 12.4 Å². The number of hydrogen-bond acceptors (Lipinski definition) is 4. The van der Waals surface area contributed by atoms with E-state index in [2.05, 4.69) is 23.5 Å². The molecular formula is C27H32ClNO4. The van der Waals surface area contributed by atoms with Crippen LogP contribution in [0.2, 0.25) is 0 Å². The van der Waals surface area contributed by atoms with Crippen molar-refractivity contribution in [1.29, 1.82) is 0 Å². The molecule has 6 heteroatoms.